The Labute approximate surface area is 175 Å². The minimum absolute atomic E-state index is 0.0807. The van der Waals surface area contributed by atoms with Gasteiger partial charge in [-0.25, -0.2) is 0 Å². The smallest absolute Gasteiger partial charge is 0.278 e. The van der Waals surface area contributed by atoms with Crippen molar-refractivity contribution in [3.63, 3.8) is 0 Å². The van der Waals surface area contributed by atoms with Crippen LogP contribution in [0.2, 0.25) is 0 Å². The molecule has 0 spiro atoms. The number of imide groups is 1. The third-order valence-corrected chi connectivity index (χ3v) is 4.97. The monoisotopic (exact) mass is 402 g/mol. The molecule has 2 amide bonds. The van der Waals surface area contributed by atoms with E-state index in [9.17, 15) is 9.59 Å². The molecule has 2 aromatic carbocycles. The van der Waals surface area contributed by atoms with Crippen LogP contribution in [0.1, 0.15) is 18.2 Å². The van der Waals surface area contributed by atoms with Crippen molar-refractivity contribution in [2.24, 2.45) is 0 Å². The summed E-state index contributed by atoms with van der Waals surface area (Å²) in [4.78, 5) is 29.7. The fraction of sp³-hybridized carbons (Fsp3) is 0.167. The maximum atomic E-state index is 13.3. The molecule has 3 aromatic rings. The molecule has 4 rings (SSSR count). The van der Waals surface area contributed by atoms with Crippen LogP contribution in [0.5, 0.6) is 5.75 Å². The van der Waals surface area contributed by atoms with Crippen LogP contribution < -0.4 is 9.64 Å². The number of hydrogen-bond acceptors (Lipinski definition) is 5. The summed E-state index contributed by atoms with van der Waals surface area (Å²) in [5, 5.41) is 0. The van der Waals surface area contributed by atoms with Gasteiger partial charge in [0, 0.05) is 12.7 Å². The Kier molecular flexibility index (Phi) is 5.39. The van der Waals surface area contributed by atoms with E-state index in [1.807, 2.05) is 37.3 Å². The number of ether oxygens (including phenoxy) is 1. The number of furan rings is 1. The van der Waals surface area contributed by atoms with E-state index in [-0.39, 0.29) is 18.4 Å². The van der Waals surface area contributed by atoms with Crippen molar-refractivity contribution >= 4 is 23.1 Å². The summed E-state index contributed by atoms with van der Waals surface area (Å²) in [5.41, 5.74) is 2.18. The van der Waals surface area contributed by atoms with Crippen LogP contribution in [0.15, 0.2) is 83.1 Å². The molecule has 1 aromatic heterocycles. The number of anilines is 1. The average Bonchev–Trinajstić information content (AvgIpc) is 3.37. The fourth-order valence-electron chi connectivity index (χ4n) is 3.50. The van der Waals surface area contributed by atoms with E-state index >= 15 is 0 Å². The Morgan fingerprint density at radius 2 is 1.67 bits per heavy atom. The highest BCUT2D eigenvalue weighted by molar-refractivity contribution is 6.36. The van der Waals surface area contributed by atoms with Crippen molar-refractivity contribution in [3.8, 4) is 5.75 Å². The third kappa shape index (κ3) is 3.59. The molecular weight excluding hydrogens is 380 g/mol. The molecule has 0 bridgehead atoms. The van der Waals surface area contributed by atoms with Crippen LogP contribution in [0, 0.1) is 0 Å². The minimum Gasteiger partial charge on any atom is -0.494 e. The molecule has 6 nitrogen and oxygen atoms in total. The largest absolute Gasteiger partial charge is 0.494 e. The van der Waals surface area contributed by atoms with Gasteiger partial charge in [0.1, 0.15) is 17.2 Å². The van der Waals surface area contributed by atoms with Gasteiger partial charge in [-0.05, 0) is 48.9 Å². The van der Waals surface area contributed by atoms with Crippen LogP contribution >= 0.6 is 0 Å². The Bertz CT molecular complexity index is 1070. The molecule has 2 heterocycles. The maximum absolute atomic E-state index is 13.3. The van der Waals surface area contributed by atoms with Crippen LogP contribution in [-0.4, -0.2) is 30.4 Å². The number of hydrogen-bond donors (Lipinski definition) is 0. The number of likely N-dealkylation sites (N-methyl/N-ethyl adjacent to an activating group) is 1. The van der Waals surface area contributed by atoms with Crippen LogP contribution in [0.3, 0.4) is 0 Å². The predicted octanol–water partition coefficient (Wildman–Crippen LogP) is 4.09. The Morgan fingerprint density at radius 1 is 0.933 bits per heavy atom. The molecule has 0 saturated carbocycles. The summed E-state index contributed by atoms with van der Waals surface area (Å²) in [7, 11) is 1.79. The van der Waals surface area contributed by atoms with E-state index in [1.165, 1.54) is 11.2 Å². The maximum Gasteiger partial charge on any atom is 0.278 e. The number of nitrogens with zero attached hydrogens (tertiary/aromatic N) is 2. The van der Waals surface area contributed by atoms with E-state index < -0.39 is 0 Å². The van der Waals surface area contributed by atoms with E-state index in [0.29, 0.717) is 35.0 Å². The first-order valence-electron chi connectivity index (χ1n) is 9.75. The molecule has 1 aliphatic rings. The van der Waals surface area contributed by atoms with Gasteiger partial charge in [0.05, 0.1) is 25.0 Å². The Morgan fingerprint density at radius 3 is 2.30 bits per heavy atom. The minimum atomic E-state index is -0.355. The van der Waals surface area contributed by atoms with E-state index in [1.54, 1.807) is 48.3 Å². The van der Waals surface area contributed by atoms with E-state index in [4.69, 9.17) is 9.15 Å². The van der Waals surface area contributed by atoms with Gasteiger partial charge in [-0.15, -0.1) is 0 Å². The van der Waals surface area contributed by atoms with Crippen LogP contribution in [-0.2, 0) is 16.1 Å². The molecule has 0 unspecified atom stereocenters. The predicted molar refractivity (Wildman–Crippen MR) is 114 cm³/mol. The second-order valence-electron chi connectivity index (χ2n) is 6.85. The highest BCUT2D eigenvalue weighted by Crippen LogP contribution is 2.34. The van der Waals surface area contributed by atoms with Crippen LogP contribution in [0.25, 0.3) is 5.57 Å². The first-order valence-corrected chi connectivity index (χ1v) is 9.75. The molecule has 6 heteroatoms. The molecule has 0 N–H and O–H groups in total. The molecule has 152 valence electrons. The number of rotatable bonds is 7. The molecule has 0 aliphatic carbocycles. The molecule has 0 fully saturated rings. The first-order chi connectivity index (χ1) is 14.6. The normalized spacial score (nSPS) is 13.9. The lowest BCUT2D eigenvalue weighted by Gasteiger charge is -2.21. The van der Waals surface area contributed by atoms with Gasteiger partial charge in [-0.1, -0.05) is 30.3 Å². The molecular formula is C24H22N2O4. The van der Waals surface area contributed by atoms with Crippen molar-refractivity contribution < 1.29 is 18.7 Å². The summed E-state index contributed by atoms with van der Waals surface area (Å²) < 4.78 is 10.9. The second-order valence-corrected chi connectivity index (χ2v) is 6.85. The third-order valence-electron chi connectivity index (χ3n) is 4.97. The number of carbonyl (C=O) groups excluding carboxylic acids is 2. The molecule has 1 aliphatic heterocycles. The topological polar surface area (TPSA) is 63.0 Å². The summed E-state index contributed by atoms with van der Waals surface area (Å²) in [6, 6.07) is 20.2. The lowest BCUT2D eigenvalue weighted by Crippen LogP contribution is -2.33. The van der Waals surface area contributed by atoms with Crippen molar-refractivity contribution in [1.82, 2.24) is 4.90 Å². The van der Waals surface area contributed by atoms with Crippen LogP contribution in [0.4, 0.5) is 5.69 Å². The number of benzene rings is 2. The molecule has 0 radical (unpaired) electrons. The fourth-order valence-corrected chi connectivity index (χ4v) is 3.50. The zero-order chi connectivity index (χ0) is 21.1. The van der Waals surface area contributed by atoms with E-state index in [2.05, 4.69) is 0 Å². The summed E-state index contributed by atoms with van der Waals surface area (Å²) >= 11 is 0. The van der Waals surface area contributed by atoms with Gasteiger partial charge in [-0.3, -0.25) is 14.5 Å². The van der Waals surface area contributed by atoms with Gasteiger partial charge >= 0.3 is 0 Å². The van der Waals surface area contributed by atoms with Crippen molar-refractivity contribution in [1.29, 1.82) is 0 Å². The van der Waals surface area contributed by atoms with Gasteiger partial charge in [0.15, 0.2) is 0 Å². The van der Waals surface area contributed by atoms with E-state index in [0.717, 1.165) is 5.69 Å². The second kappa shape index (κ2) is 8.29. The van der Waals surface area contributed by atoms with Crippen molar-refractivity contribution in [3.05, 3.63) is 90.0 Å². The SMILES string of the molecule is CCOc1ccc(C2=C(N(C)c3ccccc3)C(=O)N(Cc3ccco3)C2=O)cc1. The number of amides is 2. The zero-order valence-electron chi connectivity index (χ0n) is 16.9. The summed E-state index contributed by atoms with van der Waals surface area (Å²) in [6.07, 6.45) is 1.53. The lowest BCUT2D eigenvalue weighted by atomic mass is 10.0. The lowest BCUT2D eigenvalue weighted by molar-refractivity contribution is -0.137. The molecule has 0 saturated heterocycles. The Balaban J connectivity index is 1.77. The average molecular weight is 402 g/mol. The van der Waals surface area contributed by atoms with Gasteiger partial charge in [0.2, 0.25) is 0 Å². The van der Waals surface area contributed by atoms with Crippen molar-refractivity contribution in [2.45, 2.75) is 13.5 Å². The number of para-hydroxylation sites is 1. The number of carbonyl (C=O) groups is 2. The molecule has 0 atom stereocenters. The summed E-state index contributed by atoms with van der Waals surface area (Å²) in [6.45, 7) is 2.55. The quantitative estimate of drug-likeness (QED) is 0.557. The van der Waals surface area contributed by atoms with Gasteiger partial charge in [0.25, 0.3) is 11.8 Å². The van der Waals surface area contributed by atoms with Crippen molar-refractivity contribution in [2.75, 3.05) is 18.6 Å². The highest BCUT2D eigenvalue weighted by Gasteiger charge is 2.41. The van der Waals surface area contributed by atoms with Gasteiger partial charge < -0.3 is 14.1 Å². The highest BCUT2D eigenvalue weighted by atomic mass is 16.5. The Hall–Kier alpha value is -3.80. The summed E-state index contributed by atoms with van der Waals surface area (Å²) in [5.74, 6) is 0.556. The zero-order valence-corrected chi connectivity index (χ0v) is 16.9. The van der Waals surface area contributed by atoms with Gasteiger partial charge in [-0.2, -0.15) is 0 Å². The standard InChI is InChI=1S/C24H22N2O4/c1-3-29-19-13-11-17(12-14-19)21-22(25(2)18-8-5-4-6-9-18)24(28)26(23(21)27)16-20-10-7-15-30-20/h4-15H,3,16H2,1-2H3. The first kappa shape index (κ1) is 19.5. The molecule has 30 heavy (non-hydrogen) atoms.